The summed E-state index contributed by atoms with van der Waals surface area (Å²) in [5.74, 6) is -0.759. The van der Waals surface area contributed by atoms with Crippen LogP contribution in [0.4, 0.5) is 0 Å². The Labute approximate surface area is 69.6 Å². The van der Waals surface area contributed by atoms with Crippen molar-refractivity contribution in [1.82, 2.24) is 4.98 Å². The number of rotatable bonds is 1. The summed E-state index contributed by atoms with van der Waals surface area (Å²) in [5.41, 5.74) is 0.421. The molecule has 0 amide bonds. The van der Waals surface area contributed by atoms with E-state index in [1.54, 1.807) is 13.8 Å². The molecule has 1 N–H and O–H groups in total. The molecule has 0 atom stereocenters. The molecular formula is C6H8ClNO3. The fourth-order valence-corrected chi connectivity index (χ4v) is 0.730. The molecule has 0 radical (unpaired) electrons. The van der Waals surface area contributed by atoms with E-state index in [1.165, 1.54) is 0 Å². The van der Waals surface area contributed by atoms with Crippen molar-refractivity contribution in [3.05, 3.63) is 17.3 Å². The van der Waals surface area contributed by atoms with Gasteiger partial charge in [-0.15, -0.1) is 12.4 Å². The van der Waals surface area contributed by atoms with Crippen LogP contribution in [0.1, 0.15) is 22.1 Å². The number of carbonyl (C=O) groups is 1. The number of nitrogens with zero attached hydrogens (tertiary/aromatic N) is 1. The van der Waals surface area contributed by atoms with E-state index in [-0.39, 0.29) is 18.2 Å². The SMILES string of the molecule is Cc1nc(C)c(C(=O)O)o1.Cl. The predicted molar refractivity (Wildman–Crippen MR) is 40.2 cm³/mol. The molecule has 1 aromatic heterocycles. The third-order valence-corrected chi connectivity index (χ3v) is 1.10. The van der Waals surface area contributed by atoms with Crippen molar-refractivity contribution in [3.8, 4) is 0 Å². The van der Waals surface area contributed by atoms with Crippen molar-refractivity contribution in [2.75, 3.05) is 0 Å². The van der Waals surface area contributed by atoms with Gasteiger partial charge < -0.3 is 9.52 Å². The number of aromatic carboxylic acids is 1. The van der Waals surface area contributed by atoms with Crippen LogP contribution in [0.2, 0.25) is 0 Å². The molecule has 5 heteroatoms. The number of oxazole rings is 1. The minimum Gasteiger partial charge on any atom is -0.475 e. The molecule has 1 rings (SSSR count). The van der Waals surface area contributed by atoms with E-state index in [0.717, 1.165) is 0 Å². The zero-order valence-corrected chi connectivity index (χ0v) is 6.94. The lowest BCUT2D eigenvalue weighted by Crippen LogP contribution is -1.95. The Balaban J connectivity index is 0.000001000. The van der Waals surface area contributed by atoms with Crippen molar-refractivity contribution in [2.24, 2.45) is 0 Å². The molecule has 0 aromatic carbocycles. The summed E-state index contributed by atoms with van der Waals surface area (Å²) in [5, 5.41) is 8.45. The summed E-state index contributed by atoms with van der Waals surface area (Å²) in [7, 11) is 0. The molecule has 0 saturated carbocycles. The predicted octanol–water partition coefficient (Wildman–Crippen LogP) is 1.41. The second-order valence-electron chi connectivity index (χ2n) is 1.95. The number of carboxylic acids is 1. The second kappa shape index (κ2) is 3.39. The summed E-state index contributed by atoms with van der Waals surface area (Å²) >= 11 is 0. The van der Waals surface area contributed by atoms with Crippen LogP contribution in [0.5, 0.6) is 0 Å². The molecule has 0 spiro atoms. The Morgan fingerprint density at radius 2 is 2.09 bits per heavy atom. The van der Waals surface area contributed by atoms with Gasteiger partial charge in [0.2, 0.25) is 5.76 Å². The van der Waals surface area contributed by atoms with E-state index < -0.39 is 5.97 Å². The number of hydrogen-bond donors (Lipinski definition) is 1. The molecule has 11 heavy (non-hydrogen) atoms. The molecule has 0 aliphatic heterocycles. The molecule has 0 aliphatic carbocycles. The lowest BCUT2D eigenvalue weighted by atomic mass is 10.4. The molecule has 1 heterocycles. The van der Waals surface area contributed by atoms with E-state index >= 15 is 0 Å². The molecule has 0 bridgehead atoms. The first-order valence-electron chi connectivity index (χ1n) is 2.78. The molecule has 0 aliphatic rings. The quantitative estimate of drug-likeness (QED) is 0.705. The van der Waals surface area contributed by atoms with Gasteiger partial charge in [0.05, 0.1) is 5.69 Å². The third-order valence-electron chi connectivity index (χ3n) is 1.10. The van der Waals surface area contributed by atoms with Gasteiger partial charge in [0.15, 0.2) is 5.89 Å². The number of aryl methyl sites for hydroxylation is 2. The summed E-state index contributed by atoms with van der Waals surface area (Å²) in [6.07, 6.45) is 0. The van der Waals surface area contributed by atoms with E-state index in [4.69, 9.17) is 9.52 Å². The van der Waals surface area contributed by atoms with E-state index in [0.29, 0.717) is 11.6 Å². The number of aromatic nitrogens is 1. The summed E-state index contributed by atoms with van der Waals surface area (Å²) in [6, 6.07) is 0. The van der Waals surface area contributed by atoms with E-state index in [2.05, 4.69) is 4.98 Å². The average Bonchev–Trinajstić information content (AvgIpc) is 2.10. The smallest absolute Gasteiger partial charge is 0.373 e. The van der Waals surface area contributed by atoms with Crippen molar-refractivity contribution in [3.63, 3.8) is 0 Å². The minimum absolute atomic E-state index is 0. The van der Waals surface area contributed by atoms with Crippen molar-refractivity contribution in [1.29, 1.82) is 0 Å². The van der Waals surface area contributed by atoms with Gasteiger partial charge in [-0.2, -0.15) is 0 Å². The topological polar surface area (TPSA) is 63.3 Å². The molecule has 1 aromatic rings. The minimum atomic E-state index is -1.07. The highest BCUT2D eigenvalue weighted by atomic mass is 35.5. The van der Waals surface area contributed by atoms with Gasteiger partial charge in [0.25, 0.3) is 0 Å². The first-order chi connectivity index (χ1) is 4.61. The zero-order chi connectivity index (χ0) is 7.72. The lowest BCUT2D eigenvalue weighted by Gasteiger charge is -1.83. The summed E-state index contributed by atoms with van der Waals surface area (Å²) in [6.45, 7) is 3.21. The monoisotopic (exact) mass is 177 g/mol. The summed E-state index contributed by atoms with van der Waals surface area (Å²) < 4.78 is 4.77. The number of hydrogen-bond acceptors (Lipinski definition) is 3. The Bertz CT molecular complexity index is 269. The first-order valence-corrected chi connectivity index (χ1v) is 2.78. The first kappa shape index (κ1) is 9.97. The van der Waals surface area contributed by atoms with Gasteiger partial charge >= 0.3 is 5.97 Å². The van der Waals surface area contributed by atoms with Gasteiger partial charge in [-0.1, -0.05) is 0 Å². The van der Waals surface area contributed by atoms with Crippen LogP contribution in [-0.2, 0) is 0 Å². The number of carboxylic acid groups (broad SMARTS) is 1. The Morgan fingerprint density at radius 3 is 2.27 bits per heavy atom. The lowest BCUT2D eigenvalue weighted by molar-refractivity contribution is 0.0660. The van der Waals surface area contributed by atoms with Crippen molar-refractivity contribution in [2.45, 2.75) is 13.8 Å². The standard InChI is InChI=1S/C6H7NO3.ClH/c1-3-5(6(8)9)10-4(2)7-3;/h1-2H3,(H,8,9);1H. The maximum atomic E-state index is 10.3. The van der Waals surface area contributed by atoms with Crippen LogP contribution < -0.4 is 0 Å². The Hall–Kier alpha value is -1.03. The van der Waals surface area contributed by atoms with Crippen LogP contribution in [0.15, 0.2) is 4.42 Å². The average molecular weight is 178 g/mol. The highest BCUT2D eigenvalue weighted by molar-refractivity contribution is 5.85. The molecular weight excluding hydrogens is 170 g/mol. The maximum Gasteiger partial charge on any atom is 0.373 e. The van der Waals surface area contributed by atoms with Crippen molar-refractivity contribution < 1.29 is 14.3 Å². The van der Waals surface area contributed by atoms with E-state index in [9.17, 15) is 4.79 Å². The van der Waals surface area contributed by atoms with Gasteiger partial charge in [-0.25, -0.2) is 9.78 Å². The van der Waals surface area contributed by atoms with Crippen LogP contribution in [0.3, 0.4) is 0 Å². The number of halogens is 1. The largest absolute Gasteiger partial charge is 0.475 e. The van der Waals surface area contributed by atoms with Crippen LogP contribution in [0, 0.1) is 13.8 Å². The van der Waals surface area contributed by atoms with Gasteiger partial charge in [-0.05, 0) is 6.92 Å². The Kier molecular flexibility index (Phi) is 3.07. The van der Waals surface area contributed by atoms with Gasteiger partial charge in [0, 0.05) is 6.92 Å². The van der Waals surface area contributed by atoms with Crippen LogP contribution in [0.25, 0.3) is 0 Å². The Morgan fingerprint density at radius 1 is 1.55 bits per heavy atom. The fraction of sp³-hybridized carbons (Fsp3) is 0.333. The maximum absolute atomic E-state index is 10.3. The third kappa shape index (κ3) is 1.94. The fourth-order valence-electron chi connectivity index (χ4n) is 0.730. The molecule has 0 saturated heterocycles. The highest BCUT2D eigenvalue weighted by Gasteiger charge is 2.13. The van der Waals surface area contributed by atoms with Gasteiger partial charge in [-0.3, -0.25) is 0 Å². The van der Waals surface area contributed by atoms with Gasteiger partial charge in [0.1, 0.15) is 0 Å². The normalized spacial score (nSPS) is 8.91. The van der Waals surface area contributed by atoms with Crippen LogP contribution >= 0.6 is 12.4 Å². The summed E-state index contributed by atoms with van der Waals surface area (Å²) in [4.78, 5) is 14.1. The van der Waals surface area contributed by atoms with Crippen molar-refractivity contribution >= 4 is 18.4 Å². The molecule has 0 unspecified atom stereocenters. The molecule has 62 valence electrons. The van der Waals surface area contributed by atoms with Crippen LogP contribution in [-0.4, -0.2) is 16.1 Å². The molecule has 0 fully saturated rings. The highest BCUT2D eigenvalue weighted by Crippen LogP contribution is 2.07. The molecule has 4 nitrogen and oxygen atoms in total. The zero-order valence-electron chi connectivity index (χ0n) is 6.12. The second-order valence-corrected chi connectivity index (χ2v) is 1.95. The van der Waals surface area contributed by atoms with E-state index in [1.807, 2.05) is 0 Å².